The lowest BCUT2D eigenvalue weighted by atomic mass is 9.83. The standard InChI is InChI=1S/C72H53N/c1-72(2,3)60-39-43-69-65(47-60)64-44-59(38-42-68(64)73(69)61-22-14-7-15-23-61)54-30-34-56(35-31-54)71-63-41-37-57(49-18-10-5-11-19-49)45-66(63)70(62-40-36-58(46-67(62)71)50-20-12-6-13-21-50)55-32-28-53(29-33-55)52-26-24-51(25-27-52)48-16-8-4-9-17-48/h4-47H,1-3H3. The van der Waals surface area contributed by atoms with Gasteiger partial charge in [-0.05, 0) is 159 Å². The molecule has 0 aliphatic rings. The Bertz CT molecular complexity index is 4140. The van der Waals surface area contributed by atoms with Crippen LogP contribution in [0.1, 0.15) is 26.3 Å². The molecule has 13 aromatic rings. The fourth-order valence-corrected chi connectivity index (χ4v) is 11.1. The molecule has 13 rings (SSSR count). The number of fused-ring (bicyclic) bond motifs is 5. The molecule has 0 bridgehead atoms. The van der Waals surface area contributed by atoms with Crippen molar-refractivity contribution in [2.24, 2.45) is 0 Å². The van der Waals surface area contributed by atoms with Gasteiger partial charge in [-0.2, -0.15) is 0 Å². The van der Waals surface area contributed by atoms with Crippen LogP contribution >= 0.6 is 0 Å². The topological polar surface area (TPSA) is 4.93 Å². The first-order chi connectivity index (χ1) is 35.8. The highest BCUT2D eigenvalue weighted by atomic mass is 15.0. The summed E-state index contributed by atoms with van der Waals surface area (Å²) in [7, 11) is 0. The highest BCUT2D eigenvalue weighted by Gasteiger charge is 2.21. The van der Waals surface area contributed by atoms with Crippen LogP contribution in [-0.4, -0.2) is 4.57 Å². The van der Waals surface area contributed by atoms with Crippen LogP contribution in [0.2, 0.25) is 0 Å². The lowest BCUT2D eigenvalue weighted by Gasteiger charge is -2.20. The number of benzene rings is 12. The highest BCUT2D eigenvalue weighted by molar-refractivity contribution is 6.22. The van der Waals surface area contributed by atoms with E-state index in [9.17, 15) is 0 Å². The second kappa shape index (κ2) is 18.0. The summed E-state index contributed by atoms with van der Waals surface area (Å²) in [5.41, 5.74) is 21.9. The highest BCUT2D eigenvalue weighted by Crippen LogP contribution is 2.47. The lowest BCUT2D eigenvalue weighted by Crippen LogP contribution is -2.10. The van der Waals surface area contributed by atoms with Gasteiger partial charge in [-0.1, -0.05) is 239 Å². The molecule has 73 heavy (non-hydrogen) atoms. The first-order valence-corrected chi connectivity index (χ1v) is 25.5. The smallest absolute Gasteiger partial charge is 0.0541 e. The zero-order valence-electron chi connectivity index (χ0n) is 41.4. The van der Waals surface area contributed by atoms with E-state index in [2.05, 4.69) is 292 Å². The summed E-state index contributed by atoms with van der Waals surface area (Å²) < 4.78 is 2.41. The Kier molecular flexibility index (Phi) is 10.8. The molecule has 1 heterocycles. The SMILES string of the molecule is CC(C)(C)c1ccc2c(c1)c1cc(-c3ccc(-c4c5ccc(-c6ccccc6)cc5c(-c5ccc(-c6ccc(-c7ccccc7)cc6)cc5)c5ccc(-c6ccccc6)cc45)cc3)ccc1n2-c1ccccc1. The Morgan fingerprint density at radius 2 is 0.534 bits per heavy atom. The van der Waals surface area contributed by atoms with Crippen molar-refractivity contribution in [1.29, 1.82) is 0 Å². The van der Waals surface area contributed by atoms with Crippen molar-refractivity contribution < 1.29 is 0 Å². The number of rotatable bonds is 8. The van der Waals surface area contributed by atoms with Gasteiger partial charge in [0.2, 0.25) is 0 Å². The van der Waals surface area contributed by atoms with E-state index in [1.165, 1.54) is 132 Å². The third-order valence-electron chi connectivity index (χ3n) is 15.0. The molecule has 0 aliphatic heterocycles. The fourth-order valence-electron chi connectivity index (χ4n) is 11.1. The summed E-state index contributed by atoms with van der Waals surface area (Å²) in [4.78, 5) is 0. The minimum Gasteiger partial charge on any atom is -0.309 e. The second-order valence-electron chi connectivity index (χ2n) is 20.5. The largest absolute Gasteiger partial charge is 0.309 e. The Labute approximate surface area is 427 Å². The molecule has 346 valence electrons. The second-order valence-corrected chi connectivity index (χ2v) is 20.5. The van der Waals surface area contributed by atoms with E-state index in [0.717, 1.165) is 0 Å². The monoisotopic (exact) mass is 931 g/mol. The summed E-state index contributed by atoms with van der Waals surface area (Å²) in [5.74, 6) is 0. The molecule has 0 saturated heterocycles. The van der Waals surface area contributed by atoms with Crippen molar-refractivity contribution in [3.8, 4) is 83.6 Å². The summed E-state index contributed by atoms with van der Waals surface area (Å²) in [5, 5.41) is 7.45. The van der Waals surface area contributed by atoms with Crippen molar-refractivity contribution in [2.45, 2.75) is 26.2 Å². The molecule has 0 atom stereocenters. The van der Waals surface area contributed by atoms with Crippen LogP contribution in [-0.2, 0) is 5.41 Å². The van der Waals surface area contributed by atoms with Gasteiger partial charge in [0.15, 0.2) is 0 Å². The molecule has 0 N–H and O–H groups in total. The van der Waals surface area contributed by atoms with Gasteiger partial charge < -0.3 is 4.57 Å². The van der Waals surface area contributed by atoms with Crippen LogP contribution < -0.4 is 0 Å². The molecule has 12 aromatic carbocycles. The molecule has 0 aliphatic carbocycles. The van der Waals surface area contributed by atoms with Gasteiger partial charge in [0, 0.05) is 16.5 Å². The molecule has 0 radical (unpaired) electrons. The Morgan fingerprint density at radius 3 is 0.959 bits per heavy atom. The predicted molar refractivity (Wildman–Crippen MR) is 313 cm³/mol. The van der Waals surface area contributed by atoms with Gasteiger partial charge in [-0.3, -0.25) is 0 Å². The summed E-state index contributed by atoms with van der Waals surface area (Å²) >= 11 is 0. The van der Waals surface area contributed by atoms with Gasteiger partial charge in [-0.15, -0.1) is 0 Å². The molecule has 0 spiro atoms. The van der Waals surface area contributed by atoms with E-state index in [1.807, 2.05) is 0 Å². The molecule has 1 heteroatoms. The first kappa shape index (κ1) is 43.9. The van der Waals surface area contributed by atoms with E-state index < -0.39 is 0 Å². The van der Waals surface area contributed by atoms with Gasteiger partial charge in [-0.25, -0.2) is 0 Å². The van der Waals surface area contributed by atoms with Crippen molar-refractivity contribution in [2.75, 3.05) is 0 Å². The summed E-state index contributed by atoms with van der Waals surface area (Å²) in [6, 6.07) is 98.6. The molecule has 0 unspecified atom stereocenters. The van der Waals surface area contributed by atoms with Crippen LogP contribution in [0.3, 0.4) is 0 Å². The van der Waals surface area contributed by atoms with Gasteiger partial charge in [0.1, 0.15) is 0 Å². The van der Waals surface area contributed by atoms with Crippen molar-refractivity contribution in [3.63, 3.8) is 0 Å². The van der Waals surface area contributed by atoms with Crippen molar-refractivity contribution in [3.05, 3.63) is 272 Å². The number of para-hydroxylation sites is 1. The predicted octanol–water partition coefficient (Wildman–Crippen LogP) is 20.1. The summed E-state index contributed by atoms with van der Waals surface area (Å²) in [6.45, 7) is 6.89. The van der Waals surface area contributed by atoms with Crippen molar-refractivity contribution in [1.82, 2.24) is 4.57 Å². The van der Waals surface area contributed by atoms with E-state index in [1.54, 1.807) is 0 Å². The van der Waals surface area contributed by atoms with Crippen LogP contribution in [0.15, 0.2) is 267 Å². The lowest BCUT2D eigenvalue weighted by molar-refractivity contribution is 0.591. The molecule has 0 amide bonds. The first-order valence-electron chi connectivity index (χ1n) is 25.5. The Hall–Kier alpha value is -9.04. The van der Waals surface area contributed by atoms with E-state index >= 15 is 0 Å². The zero-order valence-corrected chi connectivity index (χ0v) is 41.4. The number of aromatic nitrogens is 1. The molecule has 0 saturated carbocycles. The van der Waals surface area contributed by atoms with Crippen LogP contribution in [0, 0.1) is 0 Å². The molecular formula is C72H53N. The van der Waals surface area contributed by atoms with E-state index in [-0.39, 0.29) is 5.41 Å². The number of hydrogen-bond donors (Lipinski definition) is 0. The zero-order chi connectivity index (χ0) is 49.0. The third-order valence-corrected chi connectivity index (χ3v) is 15.0. The maximum absolute atomic E-state index is 2.42. The molecular weight excluding hydrogens is 879 g/mol. The maximum atomic E-state index is 2.42. The average Bonchev–Trinajstić information content (AvgIpc) is 3.78. The van der Waals surface area contributed by atoms with Crippen LogP contribution in [0.5, 0.6) is 0 Å². The van der Waals surface area contributed by atoms with E-state index in [4.69, 9.17) is 0 Å². The number of hydrogen-bond acceptors (Lipinski definition) is 0. The Morgan fingerprint density at radius 1 is 0.233 bits per heavy atom. The Balaban J connectivity index is 0.977. The molecule has 1 aromatic heterocycles. The van der Waals surface area contributed by atoms with Gasteiger partial charge >= 0.3 is 0 Å². The minimum absolute atomic E-state index is 0.0293. The fraction of sp³-hybridized carbons (Fsp3) is 0.0556. The van der Waals surface area contributed by atoms with Crippen LogP contribution in [0.4, 0.5) is 0 Å². The van der Waals surface area contributed by atoms with Gasteiger partial charge in [0.05, 0.1) is 11.0 Å². The normalized spacial score (nSPS) is 11.8. The minimum atomic E-state index is 0.0293. The molecule has 0 fully saturated rings. The average molecular weight is 932 g/mol. The summed E-state index contributed by atoms with van der Waals surface area (Å²) in [6.07, 6.45) is 0. The maximum Gasteiger partial charge on any atom is 0.0541 e. The molecule has 1 nitrogen and oxygen atoms in total. The van der Waals surface area contributed by atoms with Crippen molar-refractivity contribution >= 4 is 43.4 Å². The van der Waals surface area contributed by atoms with Gasteiger partial charge in [0.25, 0.3) is 0 Å². The third kappa shape index (κ3) is 8.01. The van der Waals surface area contributed by atoms with Crippen LogP contribution in [0.25, 0.3) is 127 Å². The quantitative estimate of drug-likeness (QED) is 0.134. The number of nitrogens with zero attached hydrogens (tertiary/aromatic N) is 1. The van der Waals surface area contributed by atoms with E-state index in [0.29, 0.717) is 0 Å².